The molecular formula is C10H12N4O. The largest absolute Gasteiger partial charge is 0.479 e. The third-order valence-electron chi connectivity index (χ3n) is 2.01. The Morgan fingerprint density at radius 2 is 2.20 bits per heavy atom. The van der Waals surface area contributed by atoms with Crippen LogP contribution in [0.25, 0.3) is 5.82 Å². The number of hydrogen-bond donors (Lipinski definition) is 1. The first-order valence-electron chi connectivity index (χ1n) is 4.53. The average Bonchev–Trinajstić information content (AvgIpc) is 2.66. The van der Waals surface area contributed by atoms with E-state index in [1.807, 2.05) is 13.1 Å². The number of anilines is 1. The molecule has 0 saturated carbocycles. The Morgan fingerprint density at radius 3 is 2.80 bits per heavy atom. The number of rotatable bonds is 2. The molecule has 0 aliphatic rings. The van der Waals surface area contributed by atoms with E-state index in [0.29, 0.717) is 17.4 Å². The second-order valence-electron chi connectivity index (χ2n) is 3.23. The molecule has 0 aliphatic heterocycles. The minimum absolute atomic E-state index is 0.417. The molecule has 0 bridgehead atoms. The van der Waals surface area contributed by atoms with Crippen molar-refractivity contribution in [2.75, 3.05) is 12.8 Å². The average molecular weight is 204 g/mol. The number of pyridine rings is 1. The Bertz CT molecular complexity index is 478. The summed E-state index contributed by atoms with van der Waals surface area (Å²) in [4.78, 5) is 4.23. The van der Waals surface area contributed by atoms with Crippen LogP contribution in [-0.4, -0.2) is 21.9 Å². The van der Waals surface area contributed by atoms with E-state index in [2.05, 4.69) is 10.1 Å². The predicted molar refractivity (Wildman–Crippen MR) is 57.1 cm³/mol. The highest BCUT2D eigenvalue weighted by atomic mass is 16.5. The number of nitrogens with zero attached hydrogens (tertiary/aromatic N) is 3. The van der Waals surface area contributed by atoms with E-state index in [9.17, 15) is 0 Å². The zero-order valence-corrected chi connectivity index (χ0v) is 8.64. The monoisotopic (exact) mass is 204 g/mol. The maximum absolute atomic E-state index is 5.67. The molecule has 2 rings (SSSR count). The van der Waals surface area contributed by atoms with Crippen molar-refractivity contribution in [3.8, 4) is 11.7 Å². The van der Waals surface area contributed by atoms with E-state index < -0.39 is 0 Å². The number of nitrogens with two attached hydrogens (primary N) is 1. The standard InChI is InChI=1S/C10H12N4O/c1-7-5-12-14(6-7)9-4-3-8(11)10(13-9)15-2/h3-6H,11H2,1-2H3. The first-order chi connectivity index (χ1) is 7.20. The van der Waals surface area contributed by atoms with E-state index in [0.717, 1.165) is 5.56 Å². The molecule has 2 aromatic heterocycles. The van der Waals surface area contributed by atoms with Crippen LogP contribution in [0.3, 0.4) is 0 Å². The van der Waals surface area contributed by atoms with Gasteiger partial charge in [0.05, 0.1) is 19.0 Å². The molecule has 0 spiro atoms. The second-order valence-corrected chi connectivity index (χ2v) is 3.23. The van der Waals surface area contributed by atoms with Gasteiger partial charge in [0.1, 0.15) is 0 Å². The molecule has 78 valence electrons. The van der Waals surface area contributed by atoms with Crippen LogP contribution in [0.4, 0.5) is 5.69 Å². The van der Waals surface area contributed by atoms with Crippen LogP contribution in [0.5, 0.6) is 5.88 Å². The summed E-state index contributed by atoms with van der Waals surface area (Å²) in [7, 11) is 1.54. The maximum Gasteiger partial charge on any atom is 0.238 e. The Hall–Kier alpha value is -2.04. The van der Waals surface area contributed by atoms with Gasteiger partial charge in [-0.1, -0.05) is 0 Å². The van der Waals surface area contributed by atoms with E-state index in [4.69, 9.17) is 10.5 Å². The topological polar surface area (TPSA) is 66.0 Å². The third-order valence-corrected chi connectivity index (χ3v) is 2.01. The summed E-state index contributed by atoms with van der Waals surface area (Å²) < 4.78 is 6.71. The summed E-state index contributed by atoms with van der Waals surface area (Å²) in [5.74, 6) is 1.11. The summed E-state index contributed by atoms with van der Waals surface area (Å²) in [6.45, 7) is 1.97. The van der Waals surface area contributed by atoms with Crippen LogP contribution in [0.15, 0.2) is 24.5 Å². The van der Waals surface area contributed by atoms with Gasteiger partial charge in [0, 0.05) is 6.20 Å². The lowest BCUT2D eigenvalue weighted by molar-refractivity contribution is 0.399. The molecule has 2 N–H and O–H groups in total. The zero-order chi connectivity index (χ0) is 10.8. The van der Waals surface area contributed by atoms with Crippen molar-refractivity contribution in [3.63, 3.8) is 0 Å². The number of aromatic nitrogens is 3. The maximum atomic E-state index is 5.67. The lowest BCUT2D eigenvalue weighted by atomic mass is 10.4. The molecule has 0 fully saturated rings. The molecule has 0 amide bonds. The number of ether oxygens (including phenoxy) is 1. The fourth-order valence-corrected chi connectivity index (χ4v) is 1.27. The van der Waals surface area contributed by atoms with Crippen LogP contribution in [0, 0.1) is 6.92 Å². The van der Waals surface area contributed by atoms with Crippen molar-refractivity contribution in [2.45, 2.75) is 6.92 Å². The van der Waals surface area contributed by atoms with Crippen molar-refractivity contribution in [1.29, 1.82) is 0 Å². The van der Waals surface area contributed by atoms with Gasteiger partial charge < -0.3 is 10.5 Å². The Morgan fingerprint density at radius 1 is 1.40 bits per heavy atom. The van der Waals surface area contributed by atoms with Gasteiger partial charge in [0.2, 0.25) is 5.88 Å². The fraction of sp³-hybridized carbons (Fsp3) is 0.200. The lowest BCUT2D eigenvalue weighted by Crippen LogP contribution is -2.02. The molecule has 0 aromatic carbocycles. The molecule has 0 atom stereocenters. The molecule has 0 radical (unpaired) electrons. The third kappa shape index (κ3) is 1.76. The van der Waals surface area contributed by atoms with Crippen LogP contribution >= 0.6 is 0 Å². The minimum Gasteiger partial charge on any atom is -0.479 e. The number of hydrogen-bond acceptors (Lipinski definition) is 4. The molecule has 0 unspecified atom stereocenters. The first-order valence-corrected chi connectivity index (χ1v) is 4.53. The van der Waals surface area contributed by atoms with E-state index in [1.165, 1.54) is 7.11 Å². The van der Waals surface area contributed by atoms with Crippen molar-refractivity contribution in [2.24, 2.45) is 0 Å². The summed E-state index contributed by atoms with van der Waals surface area (Å²) in [6, 6.07) is 3.54. The van der Waals surface area contributed by atoms with Crippen LogP contribution in [0.2, 0.25) is 0 Å². The Labute approximate surface area is 87.5 Å². The number of methoxy groups -OCH3 is 1. The summed E-state index contributed by atoms with van der Waals surface area (Å²) in [5, 5.41) is 4.15. The minimum atomic E-state index is 0.417. The van der Waals surface area contributed by atoms with Gasteiger partial charge in [-0.3, -0.25) is 0 Å². The fourth-order valence-electron chi connectivity index (χ4n) is 1.27. The summed E-state index contributed by atoms with van der Waals surface area (Å²) in [6.07, 6.45) is 3.66. The molecule has 15 heavy (non-hydrogen) atoms. The molecular weight excluding hydrogens is 192 g/mol. The molecule has 2 aromatic rings. The smallest absolute Gasteiger partial charge is 0.238 e. The number of aryl methyl sites for hydroxylation is 1. The normalized spacial score (nSPS) is 10.3. The van der Waals surface area contributed by atoms with Gasteiger partial charge in [-0.2, -0.15) is 10.1 Å². The van der Waals surface area contributed by atoms with Crippen LogP contribution in [0.1, 0.15) is 5.56 Å². The van der Waals surface area contributed by atoms with Gasteiger partial charge in [-0.05, 0) is 24.6 Å². The highest BCUT2D eigenvalue weighted by Gasteiger charge is 2.04. The molecule has 0 saturated heterocycles. The molecule has 5 heteroatoms. The van der Waals surface area contributed by atoms with Crippen LogP contribution < -0.4 is 10.5 Å². The van der Waals surface area contributed by atoms with Gasteiger partial charge in [0.25, 0.3) is 0 Å². The quantitative estimate of drug-likeness (QED) is 0.797. The van der Waals surface area contributed by atoms with Gasteiger partial charge in [-0.25, -0.2) is 4.68 Å². The van der Waals surface area contributed by atoms with Crippen molar-refractivity contribution < 1.29 is 4.74 Å². The SMILES string of the molecule is COc1nc(-n2cc(C)cn2)ccc1N. The first kappa shape index (κ1) is 9.51. The Balaban J connectivity index is 2.45. The molecule has 0 aliphatic carbocycles. The van der Waals surface area contributed by atoms with Gasteiger partial charge in [-0.15, -0.1) is 0 Å². The van der Waals surface area contributed by atoms with E-state index in [-0.39, 0.29) is 0 Å². The number of nitrogen functional groups attached to an aromatic ring is 1. The van der Waals surface area contributed by atoms with E-state index >= 15 is 0 Å². The summed E-state index contributed by atoms with van der Waals surface area (Å²) >= 11 is 0. The van der Waals surface area contributed by atoms with Crippen LogP contribution in [-0.2, 0) is 0 Å². The molecule has 2 heterocycles. The van der Waals surface area contributed by atoms with Crippen molar-refractivity contribution >= 4 is 5.69 Å². The predicted octanol–water partition coefficient (Wildman–Crippen LogP) is 1.17. The summed E-state index contributed by atoms with van der Waals surface area (Å²) in [5.41, 5.74) is 7.26. The van der Waals surface area contributed by atoms with Gasteiger partial charge in [0.15, 0.2) is 5.82 Å². The molecule has 5 nitrogen and oxygen atoms in total. The highest BCUT2D eigenvalue weighted by molar-refractivity contribution is 5.50. The highest BCUT2D eigenvalue weighted by Crippen LogP contribution is 2.19. The lowest BCUT2D eigenvalue weighted by Gasteiger charge is -2.05. The van der Waals surface area contributed by atoms with Gasteiger partial charge >= 0.3 is 0 Å². The van der Waals surface area contributed by atoms with Crippen molar-refractivity contribution in [1.82, 2.24) is 14.8 Å². The Kier molecular flexibility index (Phi) is 2.29. The van der Waals surface area contributed by atoms with Crippen molar-refractivity contribution in [3.05, 3.63) is 30.1 Å². The van der Waals surface area contributed by atoms with E-state index in [1.54, 1.807) is 23.0 Å². The second kappa shape index (κ2) is 3.61. The zero-order valence-electron chi connectivity index (χ0n) is 8.64.